The molecule has 1 amide bonds. The van der Waals surface area contributed by atoms with Gasteiger partial charge in [0.15, 0.2) is 5.13 Å². The van der Waals surface area contributed by atoms with Gasteiger partial charge >= 0.3 is 0 Å². The Bertz CT molecular complexity index is 768. The maximum Gasteiger partial charge on any atom is 0.230 e. The molecule has 6 heteroatoms. The van der Waals surface area contributed by atoms with Crippen LogP contribution in [0.1, 0.15) is 5.56 Å². The van der Waals surface area contributed by atoms with E-state index in [1.807, 2.05) is 29.6 Å². The normalized spacial score (nSPS) is 10.4. The molecule has 0 aliphatic heterocycles. The lowest BCUT2D eigenvalue weighted by molar-refractivity contribution is -0.115. The number of anilines is 2. The summed E-state index contributed by atoms with van der Waals surface area (Å²) >= 11 is 1.40. The third kappa shape index (κ3) is 3.48. The third-order valence-corrected chi connectivity index (χ3v) is 3.83. The van der Waals surface area contributed by atoms with Crippen molar-refractivity contribution in [3.8, 4) is 11.3 Å². The van der Waals surface area contributed by atoms with Crippen LogP contribution in [-0.2, 0) is 11.2 Å². The minimum atomic E-state index is -0.0969. The molecule has 5 nitrogen and oxygen atoms in total. The van der Waals surface area contributed by atoms with Gasteiger partial charge in [-0.05, 0) is 29.8 Å². The van der Waals surface area contributed by atoms with Gasteiger partial charge in [-0.3, -0.25) is 9.78 Å². The van der Waals surface area contributed by atoms with Crippen LogP contribution in [0.25, 0.3) is 11.3 Å². The lowest BCUT2D eigenvalue weighted by Crippen LogP contribution is -2.14. The minimum absolute atomic E-state index is 0.0969. The number of pyridine rings is 1. The maximum absolute atomic E-state index is 12.0. The largest absolute Gasteiger partial charge is 0.399 e. The number of nitrogen functional groups attached to an aromatic ring is 1. The van der Waals surface area contributed by atoms with Crippen molar-refractivity contribution in [1.82, 2.24) is 9.97 Å². The van der Waals surface area contributed by atoms with E-state index in [0.717, 1.165) is 16.8 Å². The second-order valence-electron chi connectivity index (χ2n) is 4.74. The summed E-state index contributed by atoms with van der Waals surface area (Å²) in [6, 6.07) is 11.0. The van der Waals surface area contributed by atoms with Gasteiger partial charge in [-0.2, -0.15) is 0 Å². The summed E-state index contributed by atoms with van der Waals surface area (Å²) in [4.78, 5) is 20.4. The topological polar surface area (TPSA) is 80.9 Å². The van der Waals surface area contributed by atoms with Gasteiger partial charge in [-0.1, -0.05) is 12.1 Å². The molecule has 1 aromatic carbocycles. The first kappa shape index (κ1) is 14.2. The van der Waals surface area contributed by atoms with Crippen LogP contribution in [0.15, 0.2) is 54.2 Å². The molecule has 0 saturated carbocycles. The highest BCUT2D eigenvalue weighted by Crippen LogP contribution is 2.24. The van der Waals surface area contributed by atoms with Crippen molar-refractivity contribution < 1.29 is 4.79 Å². The van der Waals surface area contributed by atoms with Crippen LogP contribution in [0, 0.1) is 0 Å². The number of carbonyl (C=O) groups is 1. The van der Waals surface area contributed by atoms with E-state index < -0.39 is 0 Å². The first-order valence-corrected chi connectivity index (χ1v) is 7.59. The molecular weight excluding hydrogens is 296 g/mol. The van der Waals surface area contributed by atoms with Crippen molar-refractivity contribution in [3.05, 3.63) is 59.7 Å². The zero-order valence-corrected chi connectivity index (χ0v) is 12.5. The van der Waals surface area contributed by atoms with Crippen molar-refractivity contribution in [3.63, 3.8) is 0 Å². The molecule has 0 unspecified atom stereocenters. The number of thiazole rings is 1. The summed E-state index contributed by atoms with van der Waals surface area (Å²) in [6.45, 7) is 0. The number of aromatic nitrogens is 2. The molecule has 0 atom stereocenters. The van der Waals surface area contributed by atoms with Crippen LogP contribution in [0.5, 0.6) is 0 Å². The third-order valence-electron chi connectivity index (χ3n) is 3.07. The fraction of sp³-hybridized carbons (Fsp3) is 0.0625. The monoisotopic (exact) mass is 310 g/mol. The van der Waals surface area contributed by atoms with E-state index >= 15 is 0 Å². The fourth-order valence-electron chi connectivity index (χ4n) is 1.97. The Morgan fingerprint density at radius 3 is 2.59 bits per heavy atom. The lowest BCUT2D eigenvalue weighted by atomic mass is 10.1. The van der Waals surface area contributed by atoms with E-state index in [0.29, 0.717) is 17.2 Å². The van der Waals surface area contributed by atoms with Crippen molar-refractivity contribution in [1.29, 1.82) is 0 Å². The van der Waals surface area contributed by atoms with Crippen molar-refractivity contribution in [2.24, 2.45) is 0 Å². The van der Waals surface area contributed by atoms with Gasteiger partial charge in [0, 0.05) is 29.0 Å². The summed E-state index contributed by atoms with van der Waals surface area (Å²) in [6.07, 6.45) is 3.73. The van der Waals surface area contributed by atoms with Crippen molar-refractivity contribution in [2.45, 2.75) is 6.42 Å². The van der Waals surface area contributed by atoms with Crippen LogP contribution < -0.4 is 11.1 Å². The second kappa shape index (κ2) is 6.36. The standard InChI is InChI=1S/C16H14N4OS/c17-13-3-1-11(2-4-13)9-15(21)20-16-19-14(10-22-16)12-5-7-18-8-6-12/h1-8,10H,9,17H2,(H,19,20,21). The predicted molar refractivity (Wildman–Crippen MR) is 88.5 cm³/mol. The smallest absolute Gasteiger partial charge is 0.230 e. The number of nitrogens with zero attached hydrogens (tertiary/aromatic N) is 2. The molecule has 3 rings (SSSR count). The van der Waals surface area contributed by atoms with Crippen LogP contribution in [-0.4, -0.2) is 15.9 Å². The molecule has 0 radical (unpaired) electrons. The Labute approximate surface area is 131 Å². The van der Waals surface area contributed by atoms with Gasteiger partial charge in [0.05, 0.1) is 12.1 Å². The molecule has 2 aromatic heterocycles. The Morgan fingerprint density at radius 1 is 1.14 bits per heavy atom. The molecule has 3 N–H and O–H groups in total. The average Bonchev–Trinajstić information content (AvgIpc) is 2.99. The van der Waals surface area contributed by atoms with E-state index in [1.54, 1.807) is 24.5 Å². The fourth-order valence-corrected chi connectivity index (χ4v) is 2.71. The zero-order chi connectivity index (χ0) is 15.4. The summed E-state index contributed by atoms with van der Waals surface area (Å²) in [5.74, 6) is -0.0969. The number of nitrogens with one attached hydrogen (secondary N) is 1. The summed E-state index contributed by atoms with van der Waals surface area (Å²) < 4.78 is 0. The molecular formula is C16H14N4OS. The highest BCUT2D eigenvalue weighted by molar-refractivity contribution is 7.14. The van der Waals surface area contributed by atoms with Crippen molar-refractivity contribution >= 4 is 28.1 Å². The van der Waals surface area contributed by atoms with Gasteiger partial charge in [0.1, 0.15) is 0 Å². The van der Waals surface area contributed by atoms with Crippen LogP contribution >= 0.6 is 11.3 Å². The van der Waals surface area contributed by atoms with Gasteiger partial charge in [-0.25, -0.2) is 4.98 Å². The lowest BCUT2D eigenvalue weighted by Gasteiger charge is -2.02. The number of carbonyl (C=O) groups excluding carboxylic acids is 1. The molecule has 2 heterocycles. The average molecular weight is 310 g/mol. The van der Waals surface area contributed by atoms with Gasteiger partial charge in [0.25, 0.3) is 0 Å². The first-order valence-electron chi connectivity index (χ1n) is 6.71. The van der Waals surface area contributed by atoms with Crippen LogP contribution in [0.4, 0.5) is 10.8 Å². The van der Waals surface area contributed by atoms with Gasteiger partial charge in [-0.15, -0.1) is 11.3 Å². The molecule has 3 aromatic rings. The maximum atomic E-state index is 12.0. The molecule has 0 aliphatic carbocycles. The second-order valence-corrected chi connectivity index (χ2v) is 5.60. The zero-order valence-electron chi connectivity index (χ0n) is 11.7. The first-order chi connectivity index (χ1) is 10.7. The number of nitrogens with two attached hydrogens (primary N) is 1. The molecule has 0 aliphatic rings. The SMILES string of the molecule is Nc1ccc(CC(=O)Nc2nc(-c3ccncc3)cs2)cc1. The summed E-state index contributed by atoms with van der Waals surface area (Å²) in [5, 5.41) is 5.32. The number of benzene rings is 1. The quantitative estimate of drug-likeness (QED) is 0.726. The van der Waals surface area contributed by atoms with Crippen LogP contribution in [0.3, 0.4) is 0 Å². The summed E-state index contributed by atoms with van der Waals surface area (Å²) in [5.41, 5.74) is 9.03. The highest BCUT2D eigenvalue weighted by Gasteiger charge is 2.08. The number of rotatable bonds is 4. The molecule has 22 heavy (non-hydrogen) atoms. The van der Waals surface area contributed by atoms with E-state index in [-0.39, 0.29) is 5.91 Å². The highest BCUT2D eigenvalue weighted by atomic mass is 32.1. The Balaban J connectivity index is 1.65. The number of amides is 1. The molecule has 110 valence electrons. The Hall–Kier alpha value is -2.73. The Morgan fingerprint density at radius 2 is 1.86 bits per heavy atom. The number of hydrogen-bond donors (Lipinski definition) is 2. The van der Waals surface area contributed by atoms with E-state index in [4.69, 9.17) is 5.73 Å². The van der Waals surface area contributed by atoms with E-state index in [2.05, 4.69) is 15.3 Å². The van der Waals surface area contributed by atoms with Gasteiger partial charge < -0.3 is 11.1 Å². The molecule has 0 saturated heterocycles. The summed E-state index contributed by atoms with van der Waals surface area (Å²) in [7, 11) is 0. The Kier molecular flexibility index (Phi) is 4.11. The van der Waals surface area contributed by atoms with Crippen molar-refractivity contribution in [2.75, 3.05) is 11.1 Å². The molecule has 0 bridgehead atoms. The molecule has 0 spiro atoms. The number of hydrogen-bond acceptors (Lipinski definition) is 5. The van der Waals surface area contributed by atoms with Crippen LogP contribution in [0.2, 0.25) is 0 Å². The van der Waals surface area contributed by atoms with E-state index in [9.17, 15) is 4.79 Å². The predicted octanol–water partition coefficient (Wildman–Crippen LogP) is 2.97. The van der Waals surface area contributed by atoms with E-state index in [1.165, 1.54) is 11.3 Å². The minimum Gasteiger partial charge on any atom is -0.399 e. The molecule has 0 fully saturated rings. The van der Waals surface area contributed by atoms with Gasteiger partial charge in [0.2, 0.25) is 5.91 Å².